The summed E-state index contributed by atoms with van der Waals surface area (Å²) in [6, 6.07) is 10.1. The predicted octanol–water partition coefficient (Wildman–Crippen LogP) is 3.14. The fraction of sp³-hybridized carbons (Fsp3) is 0.333. The minimum atomic E-state index is -0.308. The summed E-state index contributed by atoms with van der Waals surface area (Å²) in [4.78, 5) is 0. The Bertz CT molecular complexity index is 661. The standard InChI is InChI=1S/C18H22FNO3/c1-21-15-5-7-17(22-2)12(9-15)8-13(11-20)16-10-14(19)4-6-18(16)23-3/h4-7,9-10,13H,8,11,20H2,1-3H3. The van der Waals surface area contributed by atoms with Crippen LogP contribution in [0.1, 0.15) is 17.0 Å². The van der Waals surface area contributed by atoms with Crippen LogP contribution in [0.4, 0.5) is 4.39 Å². The van der Waals surface area contributed by atoms with Gasteiger partial charge < -0.3 is 19.9 Å². The van der Waals surface area contributed by atoms with Gasteiger partial charge >= 0.3 is 0 Å². The van der Waals surface area contributed by atoms with E-state index in [1.165, 1.54) is 12.1 Å². The van der Waals surface area contributed by atoms with E-state index in [4.69, 9.17) is 19.9 Å². The summed E-state index contributed by atoms with van der Waals surface area (Å²) in [6.45, 7) is 0.361. The fourth-order valence-corrected chi connectivity index (χ4v) is 2.65. The average molecular weight is 319 g/mol. The van der Waals surface area contributed by atoms with E-state index in [1.54, 1.807) is 27.4 Å². The highest BCUT2D eigenvalue weighted by atomic mass is 19.1. The first-order valence-corrected chi connectivity index (χ1v) is 7.37. The molecule has 0 saturated carbocycles. The van der Waals surface area contributed by atoms with Crippen molar-refractivity contribution in [3.8, 4) is 17.2 Å². The molecule has 0 aliphatic carbocycles. The number of benzene rings is 2. The smallest absolute Gasteiger partial charge is 0.123 e. The number of nitrogens with two attached hydrogens (primary N) is 1. The minimum absolute atomic E-state index is 0.0957. The van der Waals surface area contributed by atoms with Crippen molar-refractivity contribution in [2.24, 2.45) is 5.73 Å². The van der Waals surface area contributed by atoms with Gasteiger partial charge in [-0.05, 0) is 54.9 Å². The van der Waals surface area contributed by atoms with Crippen LogP contribution in [0.3, 0.4) is 0 Å². The molecule has 2 aromatic carbocycles. The van der Waals surface area contributed by atoms with Crippen molar-refractivity contribution in [1.29, 1.82) is 0 Å². The molecule has 2 aromatic rings. The molecule has 0 spiro atoms. The van der Waals surface area contributed by atoms with Crippen LogP contribution >= 0.6 is 0 Å². The van der Waals surface area contributed by atoms with E-state index in [1.807, 2.05) is 18.2 Å². The second-order valence-electron chi connectivity index (χ2n) is 5.20. The van der Waals surface area contributed by atoms with Gasteiger partial charge in [-0.25, -0.2) is 4.39 Å². The molecule has 124 valence electrons. The maximum atomic E-state index is 13.6. The highest BCUT2D eigenvalue weighted by Gasteiger charge is 2.19. The second-order valence-corrected chi connectivity index (χ2v) is 5.20. The molecule has 4 nitrogen and oxygen atoms in total. The lowest BCUT2D eigenvalue weighted by atomic mass is 9.90. The molecule has 23 heavy (non-hydrogen) atoms. The molecule has 0 aliphatic rings. The van der Waals surface area contributed by atoms with Gasteiger partial charge in [0.1, 0.15) is 23.1 Å². The maximum absolute atomic E-state index is 13.6. The first kappa shape index (κ1) is 17.1. The molecule has 5 heteroatoms. The van der Waals surface area contributed by atoms with E-state index in [9.17, 15) is 4.39 Å². The third-order valence-electron chi connectivity index (χ3n) is 3.87. The van der Waals surface area contributed by atoms with Crippen LogP contribution in [0.15, 0.2) is 36.4 Å². The summed E-state index contributed by atoms with van der Waals surface area (Å²) in [7, 11) is 4.80. The van der Waals surface area contributed by atoms with E-state index in [0.29, 0.717) is 18.7 Å². The van der Waals surface area contributed by atoms with Gasteiger partial charge in [-0.3, -0.25) is 0 Å². The highest BCUT2D eigenvalue weighted by molar-refractivity contribution is 5.43. The molecular weight excluding hydrogens is 297 g/mol. The number of halogens is 1. The summed E-state index contributed by atoms with van der Waals surface area (Å²) in [6.07, 6.45) is 0.594. The molecule has 0 aromatic heterocycles. The second kappa shape index (κ2) is 7.83. The molecular formula is C18H22FNO3. The first-order chi connectivity index (χ1) is 11.1. The Labute approximate surface area is 136 Å². The van der Waals surface area contributed by atoms with Gasteiger partial charge in [-0.15, -0.1) is 0 Å². The molecule has 0 aliphatic heterocycles. The van der Waals surface area contributed by atoms with Crippen molar-refractivity contribution in [1.82, 2.24) is 0 Å². The van der Waals surface area contributed by atoms with Crippen molar-refractivity contribution in [3.63, 3.8) is 0 Å². The summed E-state index contributed by atoms with van der Waals surface area (Å²) in [5, 5.41) is 0. The number of hydrogen-bond donors (Lipinski definition) is 1. The third kappa shape index (κ3) is 3.93. The molecule has 0 fully saturated rings. The van der Waals surface area contributed by atoms with E-state index in [0.717, 1.165) is 22.6 Å². The quantitative estimate of drug-likeness (QED) is 0.852. The summed E-state index contributed by atoms with van der Waals surface area (Å²) in [5.74, 6) is 1.71. The molecule has 0 saturated heterocycles. The fourth-order valence-electron chi connectivity index (χ4n) is 2.65. The molecule has 2 N–H and O–H groups in total. The minimum Gasteiger partial charge on any atom is -0.497 e. The summed E-state index contributed by atoms with van der Waals surface area (Å²) >= 11 is 0. The van der Waals surface area contributed by atoms with Crippen LogP contribution in [-0.2, 0) is 6.42 Å². The predicted molar refractivity (Wildman–Crippen MR) is 88.0 cm³/mol. The zero-order valence-corrected chi connectivity index (χ0v) is 13.6. The molecule has 0 amide bonds. The summed E-state index contributed by atoms with van der Waals surface area (Å²) in [5.41, 5.74) is 7.64. The monoisotopic (exact) mass is 319 g/mol. The van der Waals surface area contributed by atoms with E-state index >= 15 is 0 Å². The van der Waals surface area contributed by atoms with Crippen LogP contribution in [0.2, 0.25) is 0 Å². The topological polar surface area (TPSA) is 53.7 Å². The summed E-state index contributed by atoms with van der Waals surface area (Å²) < 4.78 is 29.7. The van der Waals surface area contributed by atoms with E-state index in [2.05, 4.69) is 0 Å². The molecule has 1 atom stereocenters. The molecule has 0 heterocycles. The van der Waals surface area contributed by atoms with Gasteiger partial charge in [0.15, 0.2) is 0 Å². The number of hydrogen-bond acceptors (Lipinski definition) is 4. The van der Waals surface area contributed by atoms with Crippen molar-refractivity contribution >= 4 is 0 Å². The van der Waals surface area contributed by atoms with Gasteiger partial charge in [0.2, 0.25) is 0 Å². The van der Waals surface area contributed by atoms with Crippen molar-refractivity contribution in [2.75, 3.05) is 27.9 Å². The lowest BCUT2D eigenvalue weighted by Crippen LogP contribution is -2.16. The first-order valence-electron chi connectivity index (χ1n) is 7.37. The largest absolute Gasteiger partial charge is 0.497 e. The lowest BCUT2D eigenvalue weighted by Gasteiger charge is -2.20. The SMILES string of the molecule is COc1ccc(OC)c(CC(CN)c2cc(F)ccc2OC)c1. The molecule has 0 radical (unpaired) electrons. The Morgan fingerprint density at radius 1 is 0.957 bits per heavy atom. The molecule has 2 rings (SSSR count). The van der Waals surface area contributed by atoms with Crippen molar-refractivity contribution < 1.29 is 18.6 Å². The number of ether oxygens (including phenoxy) is 3. The zero-order valence-electron chi connectivity index (χ0n) is 13.6. The van der Waals surface area contributed by atoms with Crippen molar-refractivity contribution in [3.05, 3.63) is 53.3 Å². The van der Waals surface area contributed by atoms with Crippen LogP contribution < -0.4 is 19.9 Å². The van der Waals surface area contributed by atoms with Gasteiger partial charge in [-0.2, -0.15) is 0 Å². The molecule has 0 bridgehead atoms. The normalized spacial score (nSPS) is 11.9. The zero-order chi connectivity index (χ0) is 16.8. The average Bonchev–Trinajstić information content (AvgIpc) is 2.59. The van der Waals surface area contributed by atoms with E-state index in [-0.39, 0.29) is 11.7 Å². The van der Waals surface area contributed by atoms with Crippen LogP contribution in [-0.4, -0.2) is 27.9 Å². The molecule has 1 unspecified atom stereocenters. The van der Waals surface area contributed by atoms with Gasteiger partial charge in [0.05, 0.1) is 21.3 Å². The Hall–Kier alpha value is -2.27. The third-order valence-corrected chi connectivity index (χ3v) is 3.87. The van der Waals surface area contributed by atoms with Crippen LogP contribution in [0.5, 0.6) is 17.2 Å². The maximum Gasteiger partial charge on any atom is 0.123 e. The van der Waals surface area contributed by atoms with Crippen LogP contribution in [0.25, 0.3) is 0 Å². The lowest BCUT2D eigenvalue weighted by molar-refractivity contribution is 0.394. The van der Waals surface area contributed by atoms with Crippen molar-refractivity contribution in [2.45, 2.75) is 12.3 Å². The van der Waals surface area contributed by atoms with E-state index < -0.39 is 0 Å². The van der Waals surface area contributed by atoms with Crippen LogP contribution in [0, 0.1) is 5.82 Å². The Balaban J connectivity index is 2.38. The Kier molecular flexibility index (Phi) is 5.82. The number of rotatable bonds is 7. The Morgan fingerprint density at radius 2 is 1.65 bits per heavy atom. The van der Waals surface area contributed by atoms with Gasteiger partial charge in [0.25, 0.3) is 0 Å². The van der Waals surface area contributed by atoms with Gasteiger partial charge in [-0.1, -0.05) is 0 Å². The van der Waals surface area contributed by atoms with Gasteiger partial charge in [0, 0.05) is 11.5 Å². The number of methoxy groups -OCH3 is 3. The Morgan fingerprint density at radius 3 is 2.26 bits per heavy atom. The highest BCUT2D eigenvalue weighted by Crippen LogP contribution is 2.33.